The van der Waals surface area contributed by atoms with Gasteiger partial charge >= 0.3 is 0 Å². The van der Waals surface area contributed by atoms with Crippen LogP contribution < -0.4 is 0 Å². The van der Waals surface area contributed by atoms with Gasteiger partial charge in [0.05, 0.1) is 39.5 Å². The van der Waals surface area contributed by atoms with Crippen molar-refractivity contribution in [2.45, 2.75) is 25.8 Å². The van der Waals surface area contributed by atoms with Crippen LogP contribution >= 0.6 is 0 Å². The van der Waals surface area contributed by atoms with Crippen molar-refractivity contribution in [1.82, 2.24) is 9.13 Å². The van der Waals surface area contributed by atoms with Crippen molar-refractivity contribution in [3.63, 3.8) is 0 Å². The summed E-state index contributed by atoms with van der Waals surface area (Å²) >= 11 is 0. The third-order valence-electron chi connectivity index (χ3n) is 13.4. The molecule has 0 spiro atoms. The third kappa shape index (κ3) is 5.28. The van der Waals surface area contributed by atoms with Crippen LogP contribution in [0.5, 0.6) is 0 Å². The lowest BCUT2D eigenvalue weighted by Crippen LogP contribution is -2.21. The van der Waals surface area contributed by atoms with Crippen molar-refractivity contribution < 1.29 is 4.42 Å². The van der Waals surface area contributed by atoms with Crippen LogP contribution in [0.2, 0.25) is 0 Å². The summed E-state index contributed by atoms with van der Waals surface area (Å²) < 4.78 is 11.6. The Morgan fingerprint density at radius 3 is 1.81 bits per heavy atom. The first-order valence-corrected chi connectivity index (χ1v) is 21.7. The SMILES string of the molecule is C[C@@H]1CC/C(c2cc(-n3c4ccccc4c4cc5ccccc5cc43)c3oc4ccccc4c3c2)=N\C(n2c3ccccc3c3ccccc32)=N/C1c1cccc2ccccc12. The number of benzene rings is 9. The molecule has 5 nitrogen and oxygen atoms in total. The summed E-state index contributed by atoms with van der Waals surface area (Å²) in [4.78, 5) is 11.6. The monoisotopic (exact) mass is 796 g/mol. The maximum atomic E-state index is 6.88. The lowest BCUT2D eigenvalue weighted by atomic mass is 9.86. The van der Waals surface area contributed by atoms with E-state index in [1.165, 1.54) is 48.7 Å². The van der Waals surface area contributed by atoms with Crippen molar-refractivity contribution in [2.24, 2.45) is 15.9 Å². The highest BCUT2D eigenvalue weighted by atomic mass is 16.3. The fourth-order valence-corrected chi connectivity index (χ4v) is 10.4. The Morgan fingerprint density at radius 2 is 1.06 bits per heavy atom. The van der Waals surface area contributed by atoms with Gasteiger partial charge in [-0.05, 0) is 100.0 Å². The fourth-order valence-electron chi connectivity index (χ4n) is 10.4. The molecule has 4 heterocycles. The number of aliphatic imine (C=N–C) groups is 2. The highest BCUT2D eigenvalue weighted by Crippen LogP contribution is 2.42. The summed E-state index contributed by atoms with van der Waals surface area (Å²) in [6.45, 7) is 2.36. The molecule has 2 atom stereocenters. The van der Waals surface area contributed by atoms with E-state index in [0.717, 1.165) is 73.8 Å². The number of rotatable bonds is 3. The molecule has 0 saturated heterocycles. The van der Waals surface area contributed by atoms with Crippen molar-refractivity contribution >= 4 is 98.8 Å². The molecule has 1 unspecified atom stereocenters. The summed E-state index contributed by atoms with van der Waals surface area (Å²) in [5.74, 6) is 0.918. The Kier molecular flexibility index (Phi) is 7.70. The van der Waals surface area contributed by atoms with Crippen LogP contribution in [0.25, 0.3) is 92.8 Å². The first-order chi connectivity index (χ1) is 30.7. The highest BCUT2D eigenvalue weighted by molar-refractivity contribution is 6.20. The number of para-hydroxylation sites is 4. The average molecular weight is 797 g/mol. The van der Waals surface area contributed by atoms with Gasteiger partial charge in [0, 0.05) is 32.3 Å². The molecule has 0 radical (unpaired) electrons. The van der Waals surface area contributed by atoms with Gasteiger partial charge in [0.1, 0.15) is 5.58 Å². The van der Waals surface area contributed by atoms with Crippen LogP contribution in [0.4, 0.5) is 0 Å². The zero-order valence-electron chi connectivity index (χ0n) is 34.2. The Morgan fingerprint density at radius 1 is 0.484 bits per heavy atom. The summed E-state index contributed by atoms with van der Waals surface area (Å²) in [5, 5.41) is 11.8. The van der Waals surface area contributed by atoms with E-state index in [1.54, 1.807) is 0 Å². The number of furan rings is 1. The van der Waals surface area contributed by atoms with E-state index in [-0.39, 0.29) is 12.0 Å². The van der Waals surface area contributed by atoms with Crippen molar-refractivity contribution in [3.8, 4) is 5.69 Å². The second kappa shape index (κ2) is 13.6. The minimum absolute atomic E-state index is 0.107. The predicted octanol–water partition coefficient (Wildman–Crippen LogP) is 15.0. The second-order valence-corrected chi connectivity index (χ2v) is 16.9. The average Bonchev–Trinajstić information content (AvgIpc) is 3.97. The van der Waals surface area contributed by atoms with E-state index in [9.17, 15) is 0 Å². The van der Waals surface area contributed by atoms with E-state index < -0.39 is 0 Å². The number of aromatic nitrogens is 2. The van der Waals surface area contributed by atoms with Gasteiger partial charge in [-0.2, -0.15) is 0 Å². The number of nitrogens with zero attached hydrogens (tertiary/aromatic N) is 4. The van der Waals surface area contributed by atoms with Crippen molar-refractivity contribution in [1.29, 1.82) is 0 Å². The summed E-state index contributed by atoms with van der Waals surface area (Å²) in [6, 6.07) is 67.7. The fraction of sp³-hybridized carbons (Fsp3) is 0.0877. The van der Waals surface area contributed by atoms with E-state index in [1.807, 2.05) is 0 Å². The van der Waals surface area contributed by atoms with Crippen LogP contribution in [0.1, 0.15) is 36.9 Å². The first-order valence-electron chi connectivity index (χ1n) is 21.7. The molecule has 0 saturated carbocycles. The van der Waals surface area contributed by atoms with Gasteiger partial charge in [0.2, 0.25) is 5.96 Å². The molecule has 0 N–H and O–H groups in total. The molecule has 294 valence electrons. The molecule has 13 rings (SSSR count). The van der Waals surface area contributed by atoms with Crippen LogP contribution in [0.3, 0.4) is 0 Å². The summed E-state index contributed by atoms with van der Waals surface area (Å²) in [7, 11) is 0. The largest absolute Gasteiger partial charge is 0.454 e. The molecule has 12 aromatic rings. The van der Waals surface area contributed by atoms with Gasteiger partial charge in [-0.3, -0.25) is 4.57 Å². The lowest BCUT2D eigenvalue weighted by Gasteiger charge is -2.26. The smallest absolute Gasteiger partial charge is 0.230 e. The Balaban J connectivity index is 1.12. The molecule has 0 aliphatic carbocycles. The third-order valence-corrected chi connectivity index (χ3v) is 13.4. The molecule has 1 aliphatic rings. The molecule has 9 aromatic carbocycles. The van der Waals surface area contributed by atoms with Gasteiger partial charge in [0.15, 0.2) is 5.58 Å². The van der Waals surface area contributed by atoms with E-state index in [4.69, 9.17) is 14.4 Å². The maximum Gasteiger partial charge on any atom is 0.230 e. The molecule has 1 aliphatic heterocycles. The first kappa shape index (κ1) is 35.0. The maximum absolute atomic E-state index is 6.88. The van der Waals surface area contributed by atoms with Crippen LogP contribution in [-0.2, 0) is 0 Å². The molecule has 5 heteroatoms. The minimum atomic E-state index is -0.107. The number of fused-ring (bicyclic) bond motifs is 11. The number of hydrogen-bond acceptors (Lipinski definition) is 3. The molecule has 0 fully saturated rings. The normalized spacial score (nSPS) is 17.9. The molecular weight excluding hydrogens is 757 g/mol. The van der Waals surface area contributed by atoms with Crippen LogP contribution in [0, 0.1) is 5.92 Å². The Labute approximate surface area is 357 Å². The summed E-state index contributed by atoms with van der Waals surface area (Å²) in [5.41, 5.74) is 10.5. The molecule has 3 aromatic heterocycles. The minimum Gasteiger partial charge on any atom is -0.454 e. The van der Waals surface area contributed by atoms with Gasteiger partial charge in [-0.25, -0.2) is 9.98 Å². The van der Waals surface area contributed by atoms with Crippen LogP contribution in [0.15, 0.2) is 202 Å². The molecular formula is C57H40N4O. The van der Waals surface area contributed by atoms with Gasteiger partial charge in [-0.1, -0.05) is 146 Å². The molecule has 0 bridgehead atoms. The van der Waals surface area contributed by atoms with Crippen molar-refractivity contribution in [2.75, 3.05) is 0 Å². The van der Waals surface area contributed by atoms with Crippen molar-refractivity contribution in [3.05, 3.63) is 199 Å². The van der Waals surface area contributed by atoms with Gasteiger partial charge < -0.3 is 8.98 Å². The predicted molar refractivity (Wildman–Crippen MR) is 259 cm³/mol. The molecule has 62 heavy (non-hydrogen) atoms. The lowest BCUT2D eigenvalue weighted by molar-refractivity contribution is 0.447. The van der Waals surface area contributed by atoms with E-state index >= 15 is 0 Å². The standard InChI is InChI=1S/C57H40N4O/c1-35-29-30-48(58-57(59-55(35)45-24-14-18-36-15-4-5-19-40(36)45)61-50-26-11-6-20-41(50)42-21-7-12-27-51(42)61)39-32-47-44-23-9-13-28-54(44)62-56(47)53(34-39)60-49-25-10-8-22-43(49)46-31-37-16-2-3-17-38(37)33-52(46)60/h2-28,31-35,55H,29-30H2,1H3/b58-48+,59-57+/t35-,55?/m1/s1. The quantitative estimate of drug-likeness (QED) is 0.176. The second-order valence-electron chi connectivity index (χ2n) is 16.9. The Bertz CT molecular complexity index is 3800. The summed E-state index contributed by atoms with van der Waals surface area (Å²) in [6.07, 6.45) is 1.69. The highest BCUT2D eigenvalue weighted by Gasteiger charge is 2.28. The topological polar surface area (TPSA) is 47.7 Å². The van der Waals surface area contributed by atoms with Gasteiger partial charge in [-0.15, -0.1) is 0 Å². The molecule has 0 amide bonds. The zero-order chi connectivity index (χ0) is 40.9. The van der Waals surface area contributed by atoms with Crippen LogP contribution in [-0.4, -0.2) is 20.8 Å². The van der Waals surface area contributed by atoms with E-state index in [2.05, 4.69) is 204 Å². The zero-order valence-corrected chi connectivity index (χ0v) is 34.2. The Hall–Kier alpha value is -7.76. The van der Waals surface area contributed by atoms with E-state index in [0.29, 0.717) is 5.96 Å². The number of hydrogen-bond donors (Lipinski definition) is 0. The van der Waals surface area contributed by atoms with Gasteiger partial charge in [0.25, 0.3) is 0 Å².